The minimum atomic E-state index is -1.78. The first-order valence-corrected chi connectivity index (χ1v) is 11.1. The standard InChI is InChI=1S/C25H29NO8/c1-26(2)11-5-8-17-16-7-4-3-6-14(16)13-32-19-10-9-15(12-18(17)19)33-25-22(29)20(27)21(28)23(34-25)24(30)31/h3-4,6-10,12,20-23,25,27-29H,5,11,13H2,1-2H3,(H,30,31)/b17-8-/t20-,21-,22+,23-,25+/m0/s1. The van der Waals surface area contributed by atoms with E-state index in [1.807, 2.05) is 38.4 Å². The summed E-state index contributed by atoms with van der Waals surface area (Å²) in [6.07, 6.45) is -5.44. The summed E-state index contributed by atoms with van der Waals surface area (Å²) in [5, 5.41) is 39.6. The Bertz CT molecular complexity index is 1070. The molecule has 4 rings (SSSR count). The molecule has 0 bridgehead atoms. The average molecular weight is 472 g/mol. The van der Waals surface area contributed by atoms with Gasteiger partial charge in [-0.2, -0.15) is 0 Å². The summed E-state index contributed by atoms with van der Waals surface area (Å²) in [5.41, 5.74) is 3.83. The Morgan fingerprint density at radius 3 is 2.59 bits per heavy atom. The third kappa shape index (κ3) is 4.94. The number of hydrogen-bond donors (Lipinski definition) is 4. The van der Waals surface area contributed by atoms with E-state index in [9.17, 15) is 25.2 Å². The van der Waals surface area contributed by atoms with Crippen molar-refractivity contribution in [1.29, 1.82) is 0 Å². The van der Waals surface area contributed by atoms with Gasteiger partial charge in [-0.25, -0.2) is 4.79 Å². The molecule has 0 spiro atoms. The van der Waals surface area contributed by atoms with Crippen molar-refractivity contribution in [2.24, 2.45) is 0 Å². The summed E-state index contributed by atoms with van der Waals surface area (Å²) in [6.45, 7) is 1.26. The molecule has 9 nitrogen and oxygen atoms in total. The van der Waals surface area contributed by atoms with Crippen molar-refractivity contribution in [3.8, 4) is 11.5 Å². The van der Waals surface area contributed by atoms with E-state index in [0.29, 0.717) is 12.4 Å². The average Bonchev–Trinajstić information content (AvgIpc) is 2.96. The van der Waals surface area contributed by atoms with E-state index in [2.05, 4.69) is 11.0 Å². The van der Waals surface area contributed by atoms with Crippen LogP contribution in [0.2, 0.25) is 0 Å². The number of aliphatic hydroxyl groups is 3. The van der Waals surface area contributed by atoms with Crippen molar-refractivity contribution in [2.45, 2.75) is 43.7 Å². The number of aliphatic hydroxyl groups excluding tert-OH is 3. The molecule has 0 amide bonds. The van der Waals surface area contributed by atoms with E-state index in [0.717, 1.165) is 35.2 Å². The Hall–Kier alpha value is -2.95. The highest BCUT2D eigenvalue weighted by atomic mass is 16.7. The predicted octanol–water partition coefficient (Wildman–Crippen LogP) is 1.23. The number of benzene rings is 2. The summed E-state index contributed by atoms with van der Waals surface area (Å²) in [4.78, 5) is 13.5. The Morgan fingerprint density at radius 2 is 1.85 bits per heavy atom. The van der Waals surface area contributed by atoms with Gasteiger partial charge in [0.25, 0.3) is 0 Å². The lowest BCUT2D eigenvalue weighted by Gasteiger charge is -2.38. The summed E-state index contributed by atoms with van der Waals surface area (Å²) in [7, 11) is 4.02. The molecular formula is C25H29NO8. The Morgan fingerprint density at radius 1 is 1.09 bits per heavy atom. The number of fused-ring (bicyclic) bond motifs is 2. The number of carboxylic acids is 1. The largest absolute Gasteiger partial charge is 0.488 e. The van der Waals surface area contributed by atoms with Crippen LogP contribution in [-0.2, 0) is 16.1 Å². The summed E-state index contributed by atoms with van der Waals surface area (Å²) in [6, 6.07) is 13.1. The third-order valence-corrected chi connectivity index (χ3v) is 5.92. The van der Waals surface area contributed by atoms with Gasteiger partial charge in [-0.3, -0.25) is 0 Å². The minimum absolute atomic E-state index is 0.289. The molecular weight excluding hydrogens is 442 g/mol. The number of ether oxygens (including phenoxy) is 3. The molecule has 2 aromatic carbocycles. The molecule has 0 unspecified atom stereocenters. The number of hydrogen-bond acceptors (Lipinski definition) is 8. The smallest absolute Gasteiger partial charge is 0.335 e. The maximum absolute atomic E-state index is 11.4. The molecule has 2 aliphatic heterocycles. The van der Waals surface area contributed by atoms with Crippen LogP contribution < -0.4 is 9.47 Å². The van der Waals surface area contributed by atoms with E-state index >= 15 is 0 Å². The fourth-order valence-electron chi connectivity index (χ4n) is 4.10. The maximum atomic E-state index is 11.4. The Kier molecular flexibility index (Phi) is 7.20. The molecule has 2 aliphatic rings. The van der Waals surface area contributed by atoms with Crippen LogP contribution in [0.25, 0.3) is 5.57 Å². The van der Waals surface area contributed by atoms with Gasteiger partial charge in [0.05, 0.1) is 0 Å². The Balaban J connectivity index is 1.67. The number of rotatable bonds is 6. The highest BCUT2D eigenvalue weighted by molar-refractivity contribution is 5.85. The van der Waals surface area contributed by atoms with Crippen molar-refractivity contribution in [3.63, 3.8) is 0 Å². The minimum Gasteiger partial charge on any atom is -0.488 e. The van der Waals surface area contributed by atoms with Crippen LogP contribution in [0.15, 0.2) is 48.5 Å². The molecule has 9 heteroatoms. The van der Waals surface area contributed by atoms with E-state index in [-0.39, 0.29) is 5.75 Å². The zero-order valence-corrected chi connectivity index (χ0v) is 19.0. The number of aliphatic carboxylic acids is 1. The number of carbonyl (C=O) groups is 1. The van der Waals surface area contributed by atoms with Gasteiger partial charge in [0.2, 0.25) is 6.29 Å². The first-order chi connectivity index (χ1) is 16.3. The zero-order chi connectivity index (χ0) is 24.4. The molecule has 2 heterocycles. The van der Waals surface area contributed by atoms with E-state index in [1.54, 1.807) is 18.2 Å². The normalized spacial score (nSPS) is 27.5. The van der Waals surface area contributed by atoms with Crippen molar-refractivity contribution < 1.29 is 39.4 Å². The van der Waals surface area contributed by atoms with Crippen LogP contribution in [-0.4, -0.2) is 82.6 Å². The van der Waals surface area contributed by atoms with Crippen molar-refractivity contribution >= 4 is 11.5 Å². The molecule has 182 valence electrons. The predicted molar refractivity (Wildman–Crippen MR) is 122 cm³/mol. The van der Waals surface area contributed by atoms with Crippen molar-refractivity contribution in [1.82, 2.24) is 4.90 Å². The van der Waals surface area contributed by atoms with Gasteiger partial charge < -0.3 is 39.5 Å². The lowest BCUT2D eigenvalue weighted by atomic mass is 9.93. The first-order valence-electron chi connectivity index (χ1n) is 11.1. The highest BCUT2D eigenvalue weighted by Gasteiger charge is 2.48. The van der Waals surface area contributed by atoms with Crippen LogP contribution >= 0.6 is 0 Å². The molecule has 1 fully saturated rings. The molecule has 0 radical (unpaired) electrons. The summed E-state index contributed by atoms with van der Waals surface area (Å²) < 4.78 is 17.1. The second kappa shape index (κ2) is 10.1. The van der Waals surface area contributed by atoms with Crippen molar-refractivity contribution in [2.75, 3.05) is 20.6 Å². The van der Waals surface area contributed by atoms with Gasteiger partial charge in [0.15, 0.2) is 6.10 Å². The monoisotopic (exact) mass is 471 g/mol. The molecule has 0 saturated carbocycles. The summed E-state index contributed by atoms with van der Waals surface area (Å²) in [5.74, 6) is -0.522. The van der Waals surface area contributed by atoms with Crippen LogP contribution in [0, 0.1) is 0 Å². The van der Waals surface area contributed by atoms with E-state index < -0.39 is 36.7 Å². The quantitative estimate of drug-likeness (QED) is 0.492. The molecule has 2 aromatic rings. The Labute approximate surface area is 197 Å². The molecule has 1 saturated heterocycles. The second-order valence-corrected chi connectivity index (χ2v) is 8.67. The van der Waals surface area contributed by atoms with Gasteiger partial charge in [0, 0.05) is 12.1 Å². The van der Waals surface area contributed by atoms with Gasteiger partial charge in [-0.05, 0) is 55.4 Å². The van der Waals surface area contributed by atoms with Crippen molar-refractivity contribution in [3.05, 3.63) is 65.2 Å². The molecule has 4 N–H and O–H groups in total. The fraction of sp³-hybridized carbons (Fsp3) is 0.400. The van der Waals surface area contributed by atoms with Gasteiger partial charge in [-0.15, -0.1) is 0 Å². The van der Waals surface area contributed by atoms with E-state index in [4.69, 9.17) is 14.2 Å². The fourth-order valence-corrected chi connectivity index (χ4v) is 4.10. The van der Waals surface area contributed by atoms with Gasteiger partial charge in [0.1, 0.15) is 36.4 Å². The topological polar surface area (TPSA) is 129 Å². The summed E-state index contributed by atoms with van der Waals surface area (Å²) >= 11 is 0. The molecule has 0 aromatic heterocycles. The van der Waals surface area contributed by atoms with Gasteiger partial charge in [-0.1, -0.05) is 30.3 Å². The lowest BCUT2D eigenvalue weighted by molar-refractivity contribution is -0.271. The highest BCUT2D eigenvalue weighted by Crippen LogP contribution is 2.39. The number of carboxylic acid groups (broad SMARTS) is 1. The van der Waals surface area contributed by atoms with Crippen LogP contribution in [0.3, 0.4) is 0 Å². The SMILES string of the molecule is CN(C)CC/C=C1/c2ccccc2COc2ccc(O[C@@H]3O[C@H](C(=O)O)[C@@H](O)[C@H](O)[C@H]3O)cc21. The van der Waals surface area contributed by atoms with Crippen LogP contribution in [0.4, 0.5) is 0 Å². The van der Waals surface area contributed by atoms with E-state index in [1.165, 1.54) is 0 Å². The molecule has 0 aliphatic carbocycles. The van der Waals surface area contributed by atoms with Gasteiger partial charge >= 0.3 is 5.97 Å². The molecule has 34 heavy (non-hydrogen) atoms. The number of nitrogens with zero attached hydrogens (tertiary/aromatic N) is 1. The van der Waals surface area contributed by atoms with Crippen LogP contribution in [0.1, 0.15) is 23.1 Å². The lowest BCUT2D eigenvalue weighted by Crippen LogP contribution is -2.61. The molecule has 5 atom stereocenters. The third-order valence-electron chi connectivity index (χ3n) is 5.92. The second-order valence-electron chi connectivity index (χ2n) is 8.67. The van der Waals surface area contributed by atoms with Crippen LogP contribution in [0.5, 0.6) is 11.5 Å². The first kappa shape index (κ1) is 24.2. The zero-order valence-electron chi connectivity index (χ0n) is 19.0. The maximum Gasteiger partial charge on any atom is 0.335 e.